The van der Waals surface area contributed by atoms with Crippen LogP contribution in [0.25, 0.3) is 0 Å². The lowest BCUT2D eigenvalue weighted by atomic mass is 10.1. The highest BCUT2D eigenvalue weighted by molar-refractivity contribution is 6.33. The summed E-state index contributed by atoms with van der Waals surface area (Å²) in [5.74, 6) is 0. The topological polar surface area (TPSA) is 128 Å². The molecule has 0 bridgehead atoms. The Kier molecular flexibility index (Phi) is 5.50. The van der Waals surface area contributed by atoms with Crippen LogP contribution >= 0.6 is 11.6 Å². The Morgan fingerprint density at radius 2 is 2.04 bits per heavy atom. The lowest BCUT2D eigenvalue weighted by molar-refractivity contribution is 0.0976. The van der Waals surface area contributed by atoms with Crippen molar-refractivity contribution in [1.29, 1.82) is 0 Å². The lowest BCUT2D eigenvalue weighted by Crippen LogP contribution is -2.46. The van der Waals surface area contributed by atoms with Crippen molar-refractivity contribution in [3.05, 3.63) is 21.6 Å². The molecule has 26 heavy (non-hydrogen) atoms. The van der Waals surface area contributed by atoms with E-state index in [1.165, 1.54) is 11.1 Å². The Morgan fingerprint density at radius 3 is 2.73 bits per heavy atom. The maximum atomic E-state index is 12.1. The maximum absolute atomic E-state index is 12.1. The largest absolute Gasteiger partial charge is 0.465 e. The van der Waals surface area contributed by atoms with E-state index in [0.29, 0.717) is 51.1 Å². The van der Waals surface area contributed by atoms with E-state index in [-0.39, 0.29) is 17.2 Å². The molecule has 2 amide bonds. The number of carboxylic acid groups (broad SMARTS) is 1. The molecule has 1 aromatic heterocycles. The fourth-order valence-electron chi connectivity index (χ4n) is 3.20. The molecule has 0 spiro atoms. The number of piperidine rings is 1. The van der Waals surface area contributed by atoms with Crippen LogP contribution in [0.1, 0.15) is 19.3 Å². The van der Waals surface area contributed by atoms with Crippen LogP contribution in [-0.2, 0) is 4.74 Å². The predicted molar refractivity (Wildman–Crippen MR) is 92.7 cm³/mol. The van der Waals surface area contributed by atoms with Gasteiger partial charge in [0.2, 0.25) is 0 Å². The second-order valence-corrected chi connectivity index (χ2v) is 6.73. The Hall–Kier alpha value is -2.49. The number of aromatic nitrogens is 2. The van der Waals surface area contributed by atoms with Crippen molar-refractivity contribution in [2.75, 3.05) is 31.1 Å². The number of carbonyl (C=O) groups excluding carboxylic acids is 1. The van der Waals surface area contributed by atoms with Gasteiger partial charge in [0, 0.05) is 32.1 Å². The summed E-state index contributed by atoms with van der Waals surface area (Å²) in [6.45, 7) is 1.81. The summed E-state index contributed by atoms with van der Waals surface area (Å²) < 4.78 is 5.44. The second kappa shape index (κ2) is 7.81. The van der Waals surface area contributed by atoms with Crippen LogP contribution in [0.5, 0.6) is 0 Å². The third kappa shape index (κ3) is 4.18. The molecule has 2 fully saturated rings. The number of nitrogens with zero attached hydrogens (tertiary/aromatic N) is 3. The van der Waals surface area contributed by atoms with Crippen molar-refractivity contribution < 1.29 is 19.4 Å². The second-order valence-electron chi connectivity index (χ2n) is 6.35. The Balaban J connectivity index is 1.47. The molecule has 0 radical (unpaired) electrons. The zero-order valence-electron chi connectivity index (χ0n) is 14.0. The molecule has 0 aromatic carbocycles. The van der Waals surface area contributed by atoms with Gasteiger partial charge in [-0.25, -0.2) is 14.7 Å². The number of hydrogen-bond acceptors (Lipinski definition) is 6. The zero-order valence-corrected chi connectivity index (χ0v) is 14.7. The van der Waals surface area contributed by atoms with E-state index in [0.717, 1.165) is 0 Å². The highest BCUT2D eigenvalue weighted by Crippen LogP contribution is 2.25. The van der Waals surface area contributed by atoms with Gasteiger partial charge in [0.05, 0.1) is 18.4 Å². The summed E-state index contributed by atoms with van der Waals surface area (Å²) in [6.07, 6.45) is 1.45. The van der Waals surface area contributed by atoms with Gasteiger partial charge < -0.3 is 25.0 Å². The fraction of sp³-hybridized carbons (Fsp3) is 0.600. The van der Waals surface area contributed by atoms with Gasteiger partial charge in [0.1, 0.15) is 11.1 Å². The van der Waals surface area contributed by atoms with Crippen LogP contribution in [0.4, 0.5) is 15.3 Å². The molecular formula is C15H20ClN5O5. The Bertz CT molecular complexity index is 733. The van der Waals surface area contributed by atoms with Gasteiger partial charge in [0.15, 0.2) is 0 Å². The average Bonchev–Trinajstić information content (AvgIpc) is 3.05. The molecule has 1 aromatic rings. The molecule has 0 saturated carbocycles. The number of carbonyl (C=O) groups is 2. The van der Waals surface area contributed by atoms with Crippen molar-refractivity contribution in [2.24, 2.45) is 0 Å². The van der Waals surface area contributed by atoms with E-state index < -0.39 is 17.7 Å². The maximum Gasteiger partial charge on any atom is 0.407 e. The number of likely N-dealkylation sites (tertiary alicyclic amines) is 1. The molecule has 10 nitrogen and oxygen atoms in total. The summed E-state index contributed by atoms with van der Waals surface area (Å²) in [7, 11) is 0. The fourth-order valence-corrected chi connectivity index (χ4v) is 3.42. The van der Waals surface area contributed by atoms with Gasteiger partial charge in [-0.2, -0.15) is 5.10 Å². The molecule has 1 unspecified atom stereocenters. The number of rotatable bonds is 3. The molecule has 2 aliphatic rings. The third-order valence-corrected chi connectivity index (χ3v) is 4.99. The first-order valence-corrected chi connectivity index (χ1v) is 8.75. The van der Waals surface area contributed by atoms with E-state index in [2.05, 4.69) is 15.5 Å². The SMILES string of the molecule is O=C(NC1CCN(C(=O)O)CC1)OC1CCN(c2cn[nH]c(=O)c2Cl)C1. The van der Waals surface area contributed by atoms with Gasteiger partial charge in [-0.1, -0.05) is 11.6 Å². The monoisotopic (exact) mass is 385 g/mol. The van der Waals surface area contributed by atoms with E-state index in [9.17, 15) is 14.4 Å². The summed E-state index contributed by atoms with van der Waals surface area (Å²) >= 11 is 6.00. The van der Waals surface area contributed by atoms with E-state index in [1.807, 2.05) is 4.90 Å². The van der Waals surface area contributed by atoms with Gasteiger partial charge in [0.25, 0.3) is 5.56 Å². The highest BCUT2D eigenvalue weighted by atomic mass is 35.5. The van der Waals surface area contributed by atoms with Crippen molar-refractivity contribution in [3.63, 3.8) is 0 Å². The first-order chi connectivity index (χ1) is 12.4. The third-order valence-electron chi connectivity index (χ3n) is 4.62. The van der Waals surface area contributed by atoms with Crippen LogP contribution in [0, 0.1) is 0 Å². The minimum absolute atomic E-state index is 0.0651. The molecule has 0 aliphatic carbocycles. The van der Waals surface area contributed by atoms with Crippen molar-refractivity contribution in [1.82, 2.24) is 20.4 Å². The van der Waals surface area contributed by atoms with Crippen molar-refractivity contribution in [2.45, 2.75) is 31.4 Å². The summed E-state index contributed by atoms with van der Waals surface area (Å²) in [6, 6.07) is -0.0954. The van der Waals surface area contributed by atoms with Crippen LogP contribution in [0.2, 0.25) is 5.02 Å². The average molecular weight is 386 g/mol. The van der Waals surface area contributed by atoms with Crippen LogP contribution in [-0.4, -0.2) is 70.7 Å². The van der Waals surface area contributed by atoms with Crippen molar-refractivity contribution >= 4 is 29.5 Å². The standard InChI is InChI=1S/C15H20ClN5O5/c16-12-11(7-17-19-13(12)22)21-6-3-10(8-21)26-14(23)18-9-1-4-20(5-2-9)15(24)25/h7,9-10H,1-6,8H2,(H,18,23)(H,19,22)(H,24,25). The first-order valence-electron chi connectivity index (χ1n) is 8.37. The van der Waals surface area contributed by atoms with E-state index >= 15 is 0 Å². The number of nitrogens with one attached hydrogen (secondary N) is 2. The van der Waals surface area contributed by atoms with Gasteiger partial charge in [-0.15, -0.1) is 0 Å². The number of amides is 2. The van der Waals surface area contributed by atoms with Crippen LogP contribution < -0.4 is 15.8 Å². The number of H-pyrrole nitrogens is 1. The molecule has 142 valence electrons. The number of ether oxygens (including phenoxy) is 1. The summed E-state index contributed by atoms with van der Waals surface area (Å²) in [4.78, 5) is 37.7. The molecule has 1 atom stereocenters. The number of alkyl carbamates (subject to hydrolysis) is 1. The van der Waals surface area contributed by atoms with Gasteiger partial charge >= 0.3 is 12.2 Å². The predicted octanol–water partition coefficient (Wildman–Crippen LogP) is 0.871. The number of aromatic amines is 1. The highest BCUT2D eigenvalue weighted by Gasteiger charge is 2.29. The van der Waals surface area contributed by atoms with Gasteiger partial charge in [-0.3, -0.25) is 4.79 Å². The normalized spacial score (nSPS) is 20.9. The molecule has 3 rings (SSSR count). The minimum Gasteiger partial charge on any atom is -0.465 e. The van der Waals surface area contributed by atoms with E-state index in [4.69, 9.17) is 21.4 Å². The van der Waals surface area contributed by atoms with E-state index in [1.54, 1.807) is 0 Å². The molecule has 2 aliphatic heterocycles. The van der Waals surface area contributed by atoms with Crippen LogP contribution in [0.15, 0.2) is 11.0 Å². The lowest BCUT2D eigenvalue weighted by Gasteiger charge is -2.30. The van der Waals surface area contributed by atoms with Crippen molar-refractivity contribution in [3.8, 4) is 0 Å². The number of halogens is 1. The summed E-state index contributed by atoms with van der Waals surface area (Å²) in [5.41, 5.74) is 0.0574. The zero-order chi connectivity index (χ0) is 18.7. The first kappa shape index (κ1) is 18.3. The minimum atomic E-state index is -0.940. The van der Waals surface area contributed by atoms with Gasteiger partial charge in [-0.05, 0) is 12.8 Å². The smallest absolute Gasteiger partial charge is 0.407 e. The number of anilines is 1. The van der Waals surface area contributed by atoms with Crippen LogP contribution in [0.3, 0.4) is 0 Å². The molecule has 3 heterocycles. The molecule has 3 N–H and O–H groups in total. The number of hydrogen-bond donors (Lipinski definition) is 3. The molecular weight excluding hydrogens is 366 g/mol. The Labute approximate surface area is 154 Å². The Morgan fingerprint density at radius 1 is 1.31 bits per heavy atom. The quantitative estimate of drug-likeness (QED) is 0.704. The molecule has 2 saturated heterocycles. The summed E-state index contributed by atoms with van der Waals surface area (Å²) in [5, 5.41) is 17.8. The molecule has 11 heteroatoms.